The number of carbonyl (C=O) groups excluding carboxylic acids is 1. The molecule has 0 N–H and O–H groups in total. The topological polar surface area (TPSA) is 60.7 Å². The molecule has 0 spiro atoms. The molecule has 2 heterocycles. The van der Waals surface area contributed by atoms with Gasteiger partial charge in [0.1, 0.15) is 11.4 Å². The number of halogens is 1. The lowest BCUT2D eigenvalue weighted by Crippen LogP contribution is -2.12. The average molecular weight is 257 g/mol. The minimum atomic E-state index is -0.232. The smallest absolute Gasteiger partial charge is 0.233 e. The molecule has 84 valence electrons. The van der Waals surface area contributed by atoms with Crippen molar-refractivity contribution in [1.82, 2.24) is 18.5 Å². The third-order valence-corrected chi connectivity index (χ3v) is 2.79. The molecule has 0 unspecified atom stereocenters. The Morgan fingerprint density at radius 3 is 3.00 bits per heavy atom. The highest BCUT2D eigenvalue weighted by Crippen LogP contribution is 2.18. The summed E-state index contributed by atoms with van der Waals surface area (Å²) in [6, 6.07) is 0. The first kappa shape index (κ1) is 11.2. The van der Waals surface area contributed by atoms with Gasteiger partial charge < -0.3 is 0 Å². The van der Waals surface area contributed by atoms with Gasteiger partial charge in [0.2, 0.25) is 5.78 Å². The molecule has 0 atom stereocenters. The summed E-state index contributed by atoms with van der Waals surface area (Å²) < 4.78 is 9.29. The van der Waals surface area contributed by atoms with Crippen LogP contribution in [0.4, 0.5) is 0 Å². The molecule has 5 nitrogen and oxygen atoms in total. The van der Waals surface area contributed by atoms with E-state index in [0.29, 0.717) is 23.0 Å². The van der Waals surface area contributed by atoms with Gasteiger partial charge in [0.15, 0.2) is 0 Å². The fourth-order valence-corrected chi connectivity index (χ4v) is 1.99. The lowest BCUT2D eigenvalue weighted by atomic mass is 10.2. The van der Waals surface area contributed by atoms with E-state index in [1.165, 1.54) is 12.4 Å². The third kappa shape index (κ3) is 1.98. The number of hydrogen-bond acceptors (Lipinski definition) is 5. The molecule has 0 bridgehead atoms. The predicted molar refractivity (Wildman–Crippen MR) is 60.9 cm³/mol. The Labute approximate surface area is 101 Å². The number of rotatable bonds is 4. The van der Waals surface area contributed by atoms with Gasteiger partial charge in [0.25, 0.3) is 0 Å². The Morgan fingerprint density at radius 1 is 1.56 bits per heavy atom. The molecule has 0 saturated carbocycles. The fourth-order valence-electron chi connectivity index (χ4n) is 1.36. The molecule has 0 aliphatic rings. The largest absolute Gasteiger partial charge is 0.285 e. The summed E-state index contributed by atoms with van der Waals surface area (Å²) in [4.78, 5) is 12.0. The van der Waals surface area contributed by atoms with Crippen molar-refractivity contribution in [2.75, 3.05) is 0 Å². The van der Waals surface area contributed by atoms with Crippen LogP contribution in [0.5, 0.6) is 0 Å². The van der Waals surface area contributed by atoms with Crippen LogP contribution in [0.15, 0.2) is 12.4 Å². The van der Waals surface area contributed by atoms with Crippen molar-refractivity contribution in [2.24, 2.45) is 0 Å². The van der Waals surface area contributed by atoms with Gasteiger partial charge in [-0.1, -0.05) is 18.5 Å². The van der Waals surface area contributed by atoms with Gasteiger partial charge in [-0.3, -0.25) is 9.48 Å². The number of aryl methyl sites for hydroxylation is 1. The summed E-state index contributed by atoms with van der Waals surface area (Å²) >= 11 is 6.94. The van der Waals surface area contributed by atoms with Crippen LogP contribution in [0.2, 0.25) is 5.02 Å². The van der Waals surface area contributed by atoms with E-state index in [2.05, 4.69) is 13.8 Å². The van der Waals surface area contributed by atoms with E-state index < -0.39 is 0 Å². The maximum Gasteiger partial charge on any atom is 0.233 e. The van der Waals surface area contributed by atoms with Crippen LogP contribution in [0.25, 0.3) is 0 Å². The number of ketones is 1. The van der Waals surface area contributed by atoms with Crippen molar-refractivity contribution in [2.45, 2.75) is 19.9 Å². The second kappa shape index (κ2) is 4.71. The van der Waals surface area contributed by atoms with E-state index in [0.717, 1.165) is 18.1 Å². The molecule has 0 saturated heterocycles. The number of nitrogens with zero attached hydrogens (tertiary/aromatic N) is 4. The Balaban J connectivity index is 2.39. The lowest BCUT2D eigenvalue weighted by Gasteiger charge is -2.03. The quantitative estimate of drug-likeness (QED) is 0.786. The van der Waals surface area contributed by atoms with Gasteiger partial charge in [0.05, 0.1) is 29.1 Å². The first-order chi connectivity index (χ1) is 7.74. The first-order valence-corrected chi connectivity index (χ1v) is 5.88. The van der Waals surface area contributed by atoms with Crippen molar-refractivity contribution >= 4 is 29.1 Å². The van der Waals surface area contributed by atoms with Crippen LogP contribution in [-0.2, 0) is 6.54 Å². The predicted octanol–water partition coefficient (Wildman–Crippen LogP) is 2.03. The second-order valence-corrected chi connectivity index (χ2v) is 4.15. The lowest BCUT2D eigenvalue weighted by molar-refractivity contribution is 0.102. The Bertz CT molecular complexity index is 494. The zero-order valence-electron chi connectivity index (χ0n) is 8.55. The fraction of sp³-hybridized carbons (Fsp3) is 0.333. The molecule has 0 aliphatic heterocycles. The summed E-state index contributed by atoms with van der Waals surface area (Å²) in [6.07, 6.45) is 3.80. The summed E-state index contributed by atoms with van der Waals surface area (Å²) in [7, 11) is 0. The van der Waals surface area contributed by atoms with E-state index in [4.69, 9.17) is 11.6 Å². The van der Waals surface area contributed by atoms with Gasteiger partial charge in [-0.15, -0.1) is 0 Å². The number of carbonyl (C=O) groups is 1. The Morgan fingerprint density at radius 2 is 2.38 bits per heavy atom. The Hall–Kier alpha value is -1.27. The van der Waals surface area contributed by atoms with Crippen molar-refractivity contribution in [3.8, 4) is 0 Å². The average Bonchev–Trinajstić information content (AvgIpc) is 2.88. The zero-order chi connectivity index (χ0) is 11.5. The minimum Gasteiger partial charge on any atom is -0.285 e. The van der Waals surface area contributed by atoms with Gasteiger partial charge in [-0.05, 0) is 6.42 Å². The molecule has 2 aromatic heterocycles. The van der Waals surface area contributed by atoms with Gasteiger partial charge in [-0.2, -0.15) is 13.8 Å². The molecule has 0 amide bonds. The normalized spacial score (nSPS) is 10.6. The SMILES string of the molecule is CCCn1ncc(Cl)c1C(=O)c1cnsn1. The molecular weight excluding hydrogens is 248 g/mol. The highest BCUT2D eigenvalue weighted by atomic mass is 35.5. The van der Waals surface area contributed by atoms with Crippen molar-refractivity contribution in [3.63, 3.8) is 0 Å². The van der Waals surface area contributed by atoms with Gasteiger partial charge >= 0.3 is 0 Å². The highest BCUT2D eigenvalue weighted by molar-refractivity contribution is 6.99. The molecule has 0 fully saturated rings. The maximum absolute atomic E-state index is 12.0. The van der Waals surface area contributed by atoms with E-state index in [1.54, 1.807) is 4.68 Å². The van der Waals surface area contributed by atoms with E-state index in [-0.39, 0.29) is 5.78 Å². The molecule has 2 rings (SSSR count). The monoisotopic (exact) mass is 256 g/mol. The van der Waals surface area contributed by atoms with Crippen LogP contribution >= 0.6 is 23.3 Å². The number of hydrogen-bond donors (Lipinski definition) is 0. The molecule has 2 aromatic rings. The zero-order valence-corrected chi connectivity index (χ0v) is 10.1. The molecule has 0 aliphatic carbocycles. The van der Waals surface area contributed by atoms with Gasteiger partial charge in [0, 0.05) is 6.54 Å². The molecule has 16 heavy (non-hydrogen) atoms. The summed E-state index contributed by atoms with van der Waals surface area (Å²) in [5.41, 5.74) is 0.695. The third-order valence-electron chi connectivity index (χ3n) is 2.04. The maximum atomic E-state index is 12.0. The van der Waals surface area contributed by atoms with E-state index in [9.17, 15) is 4.79 Å². The van der Waals surface area contributed by atoms with Crippen molar-refractivity contribution in [1.29, 1.82) is 0 Å². The van der Waals surface area contributed by atoms with Crippen molar-refractivity contribution < 1.29 is 4.79 Å². The summed E-state index contributed by atoms with van der Waals surface area (Å²) in [6.45, 7) is 2.67. The van der Waals surface area contributed by atoms with Crippen molar-refractivity contribution in [3.05, 3.63) is 28.8 Å². The minimum absolute atomic E-state index is 0.232. The Kier molecular flexibility index (Phi) is 3.31. The molecular formula is C9H9ClN4OS. The molecule has 7 heteroatoms. The van der Waals surface area contributed by atoms with E-state index >= 15 is 0 Å². The number of aromatic nitrogens is 4. The highest BCUT2D eigenvalue weighted by Gasteiger charge is 2.20. The van der Waals surface area contributed by atoms with Crippen LogP contribution in [-0.4, -0.2) is 24.3 Å². The van der Waals surface area contributed by atoms with Gasteiger partial charge in [-0.25, -0.2) is 0 Å². The molecule has 0 radical (unpaired) electrons. The van der Waals surface area contributed by atoms with Crippen LogP contribution in [0, 0.1) is 0 Å². The van der Waals surface area contributed by atoms with Crippen LogP contribution < -0.4 is 0 Å². The van der Waals surface area contributed by atoms with E-state index in [1.807, 2.05) is 6.92 Å². The molecule has 0 aromatic carbocycles. The van der Waals surface area contributed by atoms with Crippen LogP contribution in [0.3, 0.4) is 0 Å². The first-order valence-electron chi connectivity index (χ1n) is 4.77. The second-order valence-electron chi connectivity index (χ2n) is 3.19. The summed E-state index contributed by atoms with van der Waals surface area (Å²) in [5.74, 6) is -0.232. The van der Waals surface area contributed by atoms with Crippen LogP contribution in [0.1, 0.15) is 29.5 Å². The standard InChI is InChI=1S/C9H9ClN4OS/c1-2-3-14-8(6(10)4-11-14)9(15)7-5-12-16-13-7/h4-5H,2-3H2,1H3. The summed E-state index contributed by atoms with van der Waals surface area (Å²) in [5, 5.41) is 4.41.